The Hall–Kier alpha value is -0.980. The fourth-order valence-electron chi connectivity index (χ4n) is 1.07. The molecule has 0 aliphatic carbocycles. The summed E-state index contributed by atoms with van der Waals surface area (Å²) in [6.45, 7) is 8.61. The highest BCUT2D eigenvalue weighted by molar-refractivity contribution is 5.24. The van der Waals surface area contributed by atoms with Crippen LogP contribution in [0.5, 0.6) is 0 Å². The minimum absolute atomic E-state index is 0.601. The lowest BCUT2D eigenvalue weighted by Gasteiger charge is -2.11. The van der Waals surface area contributed by atoms with E-state index in [-0.39, 0.29) is 0 Å². The molecule has 0 aromatic heterocycles. The number of rotatable bonds is 4. The van der Waals surface area contributed by atoms with Crippen LogP contribution in [-0.2, 0) is 0 Å². The smallest absolute Gasteiger partial charge is 0.00958 e. The summed E-state index contributed by atoms with van der Waals surface area (Å²) in [6.07, 6.45) is 8.59. The minimum atomic E-state index is 0.601. The van der Waals surface area contributed by atoms with Gasteiger partial charge in [-0.2, -0.15) is 0 Å². The van der Waals surface area contributed by atoms with E-state index in [4.69, 9.17) is 0 Å². The maximum absolute atomic E-state index is 2.21. The lowest BCUT2D eigenvalue weighted by Crippen LogP contribution is -2.07. The molecule has 0 heterocycles. The highest BCUT2D eigenvalue weighted by atomic mass is 15.1. The van der Waals surface area contributed by atoms with E-state index in [9.17, 15) is 0 Å². The molecule has 14 heavy (non-hydrogen) atoms. The van der Waals surface area contributed by atoms with E-state index in [0.717, 1.165) is 0 Å². The van der Waals surface area contributed by atoms with E-state index >= 15 is 0 Å². The van der Waals surface area contributed by atoms with Crippen LogP contribution in [-0.4, -0.2) is 19.0 Å². The molecule has 0 radical (unpaired) electrons. The van der Waals surface area contributed by atoms with Gasteiger partial charge in [-0.3, -0.25) is 0 Å². The van der Waals surface area contributed by atoms with Crippen molar-refractivity contribution in [1.82, 2.24) is 4.90 Å². The maximum atomic E-state index is 2.21. The predicted octanol–water partition coefficient (Wildman–Crippen LogP) is 3.61. The normalized spacial score (nSPS) is 14.2. The second-order valence-electron chi connectivity index (χ2n) is 4.00. The van der Waals surface area contributed by atoms with Crippen LogP contribution in [0.4, 0.5) is 0 Å². The third-order valence-electron chi connectivity index (χ3n) is 2.33. The Balaban J connectivity index is 4.38. The first-order valence-corrected chi connectivity index (χ1v) is 5.17. The molecule has 0 fully saturated rings. The van der Waals surface area contributed by atoms with Gasteiger partial charge in [0.15, 0.2) is 0 Å². The summed E-state index contributed by atoms with van der Waals surface area (Å²) < 4.78 is 0. The molecule has 0 unspecified atom stereocenters. The fourth-order valence-corrected chi connectivity index (χ4v) is 1.07. The molecular weight excluding hydrogens is 170 g/mol. The number of allylic oxidation sites excluding steroid dienone is 6. The summed E-state index contributed by atoms with van der Waals surface area (Å²) >= 11 is 0. The third kappa shape index (κ3) is 4.90. The molecule has 0 N–H and O–H groups in total. The summed E-state index contributed by atoms with van der Waals surface area (Å²) in [5.74, 6) is 0.601. The van der Waals surface area contributed by atoms with Crippen LogP contribution in [0.25, 0.3) is 0 Å². The minimum Gasteiger partial charge on any atom is -0.381 e. The van der Waals surface area contributed by atoms with Crippen LogP contribution < -0.4 is 0 Å². The molecule has 0 saturated heterocycles. The topological polar surface area (TPSA) is 3.24 Å². The van der Waals surface area contributed by atoms with E-state index in [1.54, 1.807) is 0 Å². The third-order valence-corrected chi connectivity index (χ3v) is 2.33. The number of hydrogen-bond donors (Lipinski definition) is 0. The van der Waals surface area contributed by atoms with Crippen molar-refractivity contribution in [3.8, 4) is 0 Å². The summed E-state index contributed by atoms with van der Waals surface area (Å²) in [4.78, 5) is 2.11. The highest BCUT2D eigenvalue weighted by Gasteiger charge is 1.95. The van der Waals surface area contributed by atoms with Gasteiger partial charge in [-0.15, -0.1) is 0 Å². The van der Waals surface area contributed by atoms with Crippen LogP contribution in [0, 0.1) is 5.92 Å². The van der Waals surface area contributed by atoms with Gasteiger partial charge in [0.2, 0.25) is 0 Å². The van der Waals surface area contributed by atoms with E-state index in [2.05, 4.69) is 71.0 Å². The second kappa shape index (κ2) is 6.47. The van der Waals surface area contributed by atoms with Crippen molar-refractivity contribution < 1.29 is 0 Å². The van der Waals surface area contributed by atoms with Gasteiger partial charge in [0.25, 0.3) is 0 Å². The molecule has 0 bridgehead atoms. The standard InChI is InChI=1S/C13H23N/c1-7-13(11(2)3)10-8-9-12(4)14(5)6/h7-11H,1-6H3/b10-8-,12-9+,13-7+. The quantitative estimate of drug-likeness (QED) is 0.616. The van der Waals surface area contributed by atoms with Crippen molar-refractivity contribution >= 4 is 0 Å². The average molecular weight is 193 g/mol. The zero-order valence-electron chi connectivity index (χ0n) is 10.3. The van der Waals surface area contributed by atoms with Gasteiger partial charge in [0, 0.05) is 19.8 Å². The van der Waals surface area contributed by atoms with Crippen LogP contribution in [0.3, 0.4) is 0 Å². The van der Waals surface area contributed by atoms with E-state index in [1.165, 1.54) is 11.3 Å². The predicted molar refractivity (Wildman–Crippen MR) is 65.2 cm³/mol. The molecule has 0 aromatic rings. The summed E-state index contributed by atoms with van der Waals surface area (Å²) in [5.41, 5.74) is 2.65. The molecule has 0 aliphatic rings. The van der Waals surface area contributed by atoms with Crippen molar-refractivity contribution in [2.24, 2.45) is 5.92 Å². The SMILES string of the molecule is C\C=C(/C=C\C=C(/C)N(C)C)C(C)C. The molecule has 0 aliphatic heterocycles. The van der Waals surface area contributed by atoms with Crippen molar-refractivity contribution in [2.45, 2.75) is 27.7 Å². The Morgan fingerprint density at radius 3 is 2.14 bits per heavy atom. The highest BCUT2D eigenvalue weighted by Crippen LogP contribution is 2.10. The lowest BCUT2D eigenvalue weighted by atomic mass is 10.0. The van der Waals surface area contributed by atoms with Crippen molar-refractivity contribution in [2.75, 3.05) is 14.1 Å². The Bertz CT molecular complexity index is 242. The summed E-state index contributed by atoms with van der Waals surface area (Å²) in [6, 6.07) is 0. The molecular formula is C13H23N. The van der Waals surface area contributed by atoms with Crippen molar-refractivity contribution in [1.29, 1.82) is 0 Å². The van der Waals surface area contributed by atoms with Gasteiger partial charge in [-0.25, -0.2) is 0 Å². The van der Waals surface area contributed by atoms with Crippen molar-refractivity contribution in [3.63, 3.8) is 0 Å². The second-order valence-corrected chi connectivity index (χ2v) is 4.00. The molecule has 0 saturated carbocycles. The average Bonchev–Trinajstić information content (AvgIpc) is 2.11. The lowest BCUT2D eigenvalue weighted by molar-refractivity contribution is 0.514. The van der Waals surface area contributed by atoms with Crippen LogP contribution in [0.1, 0.15) is 27.7 Å². The summed E-state index contributed by atoms with van der Waals surface area (Å²) in [7, 11) is 4.11. The molecule has 0 aromatic carbocycles. The van der Waals surface area contributed by atoms with Gasteiger partial charge in [-0.05, 0) is 31.4 Å². The molecule has 80 valence electrons. The van der Waals surface area contributed by atoms with E-state index in [1.807, 2.05) is 0 Å². The largest absolute Gasteiger partial charge is 0.381 e. The Labute approximate surface area is 88.8 Å². The van der Waals surface area contributed by atoms with Crippen molar-refractivity contribution in [3.05, 3.63) is 35.6 Å². The first-order chi connectivity index (χ1) is 6.49. The van der Waals surface area contributed by atoms with Crippen LogP contribution in [0.2, 0.25) is 0 Å². The molecule has 0 spiro atoms. The fraction of sp³-hybridized carbons (Fsp3) is 0.538. The van der Waals surface area contributed by atoms with Gasteiger partial charge in [0.05, 0.1) is 0 Å². The monoisotopic (exact) mass is 193 g/mol. The van der Waals surface area contributed by atoms with Gasteiger partial charge in [-0.1, -0.05) is 32.1 Å². The Morgan fingerprint density at radius 1 is 1.21 bits per heavy atom. The van der Waals surface area contributed by atoms with Crippen LogP contribution in [0.15, 0.2) is 35.6 Å². The van der Waals surface area contributed by atoms with Gasteiger partial charge in [0.1, 0.15) is 0 Å². The number of hydrogen-bond acceptors (Lipinski definition) is 1. The number of nitrogens with zero attached hydrogens (tertiary/aromatic N) is 1. The molecule has 0 atom stereocenters. The molecule has 0 amide bonds. The molecule has 1 nitrogen and oxygen atoms in total. The van der Waals surface area contributed by atoms with Gasteiger partial charge < -0.3 is 4.90 Å². The van der Waals surface area contributed by atoms with Crippen LogP contribution >= 0.6 is 0 Å². The summed E-state index contributed by atoms with van der Waals surface area (Å²) in [5, 5.41) is 0. The Kier molecular flexibility index (Phi) is 6.02. The first-order valence-electron chi connectivity index (χ1n) is 5.17. The molecule has 0 rings (SSSR count). The zero-order valence-corrected chi connectivity index (χ0v) is 10.3. The van der Waals surface area contributed by atoms with Gasteiger partial charge >= 0.3 is 0 Å². The maximum Gasteiger partial charge on any atom is 0.00958 e. The Morgan fingerprint density at radius 2 is 1.79 bits per heavy atom. The van der Waals surface area contributed by atoms with E-state index < -0.39 is 0 Å². The van der Waals surface area contributed by atoms with E-state index in [0.29, 0.717) is 5.92 Å². The molecule has 1 heteroatoms. The first kappa shape index (κ1) is 13.0. The zero-order chi connectivity index (χ0) is 11.1.